The molecule has 2 aromatic rings. The van der Waals surface area contributed by atoms with E-state index in [1.54, 1.807) is 24.5 Å². The number of aromatic nitrogens is 2. The van der Waals surface area contributed by atoms with Gasteiger partial charge in [0.25, 0.3) is 0 Å². The molecule has 2 amide bonds. The van der Waals surface area contributed by atoms with Gasteiger partial charge in [0.2, 0.25) is 0 Å². The molecule has 0 saturated carbocycles. The maximum atomic E-state index is 12.1. The van der Waals surface area contributed by atoms with Gasteiger partial charge in [-0.25, -0.2) is 9.78 Å². The van der Waals surface area contributed by atoms with Crippen LogP contribution in [0.5, 0.6) is 0 Å². The number of nitrogens with zero attached hydrogens (tertiary/aromatic N) is 3. The summed E-state index contributed by atoms with van der Waals surface area (Å²) in [7, 11) is 1.63. The van der Waals surface area contributed by atoms with Crippen molar-refractivity contribution in [2.45, 2.75) is 6.92 Å². The molecular formula is C15H20N4O2. The van der Waals surface area contributed by atoms with Crippen molar-refractivity contribution in [2.75, 3.05) is 32.1 Å². The van der Waals surface area contributed by atoms with Gasteiger partial charge in [0.15, 0.2) is 0 Å². The molecule has 21 heavy (non-hydrogen) atoms. The Labute approximate surface area is 124 Å². The summed E-state index contributed by atoms with van der Waals surface area (Å²) in [6.45, 7) is 3.69. The third kappa shape index (κ3) is 4.06. The molecule has 0 unspecified atom stereocenters. The number of hydrogen-bond acceptors (Lipinski definition) is 3. The molecule has 1 heterocycles. The number of methoxy groups -OCH3 is 1. The maximum Gasteiger partial charge on any atom is 0.321 e. The molecule has 6 heteroatoms. The normalized spacial score (nSPS) is 10.4. The molecule has 0 aliphatic carbocycles. The average molecular weight is 288 g/mol. The maximum absolute atomic E-state index is 12.1. The molecule has 1 aromatic carbocycles. The van der Waals surface area contributed by atoms with E-state index in [-0.39, 0.29) is 6.03 Å². The minimum Gasteiger partial charge on any atom is -0.383 e. The van der Waals surface area contributed by atoms with Gasteiger partial charge in [0.05, 0.1) is 12.9 Å². The van der Waals surface area contributed by atoms with Crippen LogP contribution in [-0.4, -0.2) is 47.3 Å². The van der Waals surface area contributed by atoms with Gasteiger partial charge in [0, 0.05) is 44.0 Å². The molecule has 1 aromatic heterocycles. The fourth-order valence-electron chi connectivity index (χ4n) is 1.94. The van der Waals surface area contributed by atoms with Crippen molar-refractivity contribution < 1.29 is 9.53 Å². The molecule has 0 radical (unpaired) electrons. The second kappa shape index (κ2) is 7.44. The van der Waals surface area contributed by atoms with E-state index >= 15 is 0 Å². The fraction of sp³-hybridized carbons (Fsp3) is 0.333. The minimum absolute atomic E-state index is 0.120. The van der Waals surface area contributed by atoms with Crippen LogP contribution in [0.15, 0.2) is 43.0 Å². The summed E-state index contributed by atoms with van der Waals surface area (Å²) in [6.07, 6.45) is 5.33. The van der Waals surface area contributed by atoms with Gasteiger partial charge in [0.1, 0.15) is 0 Å². The van der Waals surface area contributed by atoms with Crippen molar-refractivity contribution in [3.05, 3.63) is 43.0 Å². The first-order chi connectivity index (χ1) is 10.2. The second-order valence-electron chi connectivity index (χ2n) is 4.52. The van der Waals surface area contributed by atoms with Crippen LogP contribution in [0.25, 0.3) is 5.69 Å². The summed E-state index contributed by atoms with van der Waals surface area (Å²) in [6, 6.07) is 7.49. The number of likely N-dealkylation sites (N-methyl/N-ethyl adjacent to an activating group) is 1. The van der Waals surface area contributed by atoms with Gasteiger partial charge in [-0.05, 0) is 31.2 Å². The minimum atomic E-state index is -0.120. The number of benzene rings is 1. The van der Waals surface area contributed by atoms with E-state index in [4.69, 9.17) is 4.74 Å². The summed E-state index contributed by atoms with van der Waals surface area (Å²) < 4.78 is 6.91. The summed E-state index contributed by atoms with van der Waals surface area (Å²) in [5.74, 6) is 0. The highest BCUT2D eigenvalue weighted by molar-refractivity contribution is 5.89. The summed E-state index contributed by atoms with van der Waals surface area (Å²) in [5, 5.41) is 2.88. The number of urea groups is 1. The third-order valence-electron chi connectivity index (χ3n) is 3.16. The summed E-state index contributed by atoms with van der Waals surface area (Å²) >= 11 is 0. The molecule has 0 aliphatic rings. The van der Waals surface area contributed by atoms with Crippen molar-refractivity contribution in [2.24, 2.45) is 0 Å². The van der Waals surface area contributed by atoms with E-state index < -0.39 is 0 Å². The third-order valence-corrected chi connectivity index (χ3v) is 3.16. The number of rotatable bonds is 6. The van der Waals surface area contributed by atoms with Crippen LogP contribution >= 0.6 is 0 Å². The lowest BCUT2D eigenvalue weighted by molar-refractivity contribution is 0.157. The van der Waals surface area contributed by atoms with Crippen molar-refractivity contribution >= 4 is 11.7 Å². The van der Waals surface area contributed by atoms with Gasteiger partial charge in [-0.1, -0.05) is 0 Å². The van der Waals surface area contributed by atoms with Crippen molar-refractivity contribution in [3.8, 4) is 5.69 Å². The van der Waals surface area contributed by atoms with Gasteiger partial charge in [-0.15, -0.1) is 0 Å². The molecule has 1 N–H and O–H groups in total. The van der Waals surface area contributed by atoms with Crippen LogP contribution < -0.4 is 5.32 Å². The molecule has 0 aliphatic heterocycles. The number of anilines is 1. The van der Waals surface area contributed by atoms with Crippen molar-refractivity contribution in [1.82, 2.24) is 14.5 Å². The Bertz CT molecular complexity index is 552. The Morgan fingerprint density at radius 3 is 2.71 bits per heavy atom. The molecule has 2 rings (SSSR count). The summed E-state index contributed by atoms with van der Waals surface area (Å²) in [5.41, 5.74) is 1.76. The second-order valence-corrected chi connectivity index (χ2v) is 4.52. The predicted molar refractivity (Wildman–Crippen MR) is 81.7 cm³/mol. The highest BCUT2D eigenvalue weighted by atomic mass is 16.5. The first-order valence-corrected chi connectivity index (χ1v) is 6.88. The quantitative estimate of drug-likeness (QED) is 0.887. The number of nitrogens with one attached hydrogen (secondary N) is 1. The number of carbonyl (C=O) groups is 1. The van der Waals surface area contributed by atoms with Crippen LogP contribution in [0, 0.1) is 0 Å². The molecular weight excluding hydrogens is 268 g/mol. The Morgan fingerprint density at radius 1 is 1.38 bits per heavy atom. The van der Waals surface area contributed by atoms with Gasteiger partial charge in [-0.3, -0.25) is 0 Å². The van der Waals surface area contributed by atoms with E-state index in [0.29, 0.717) is 19.7 Å². The number of imidazole rings is 1. The Hall–Kier alpha value is -2.34. The lowest BCUT2D eigenvalue weighted by atomic mass is 10.3. The standard InChI is InChI=1S/C15H20N4O2/c1-3-18(10-11-21-2)15(20)17-13-4-6-14(7-5-13)19-9-8-16-12-19/h4-9,12H,3,10-11H2,1-2H3,(H,17,20). The molecule has 0 fully saturated rings. The zero-order valence-electron chi connectivity index (χ0n) is 12.3. The van der Waals surface area contributed by atoms with Crippen LogP contribution in [0.2, 0.25) is 0 Å². The van der Waals surface area contributed by atoms with E-state index in [2.05, 4.69) is 10.3 Å². The number of amides is 2. The first kappa shape index (κ1) is 15.1. The molecule has 0 saturated heterocycles. The molecule has 6 nitrogen and oxygen atoms in total. The molecule has 0 bridgehead atoms. The van der Waals surface area contributed by atoms with Crippen LogP contribution in [-0.2, 0) is 4.74 Å². The van der Waals surface area contributed by atoms with Crippen LogP contribution in [0.1, 0.15) is 6.92 Å². The van der Waals surface area contributed by atoms with Gasteiger partial charge in [-0.2, -0.15) is 0 Å². The summed E-state index contributed by atoms with van der Waals surface area (Å²) in [4.78, 5) is 17.8. The van der Waals surface area contributed by atoms with Crippen LogP contribution in [0.3, 0.4) is 0 Å². The number of carbonyl (C=O) groups excluding carboxylic acids is 1. The first-order valence-electron chi connectivity index (χ1n) is 6.88. The van der Waals surface area contributed by atoms with E-state index in [0.717, 1.165) is 11.4 Å². The lowest BCUT2D eigenvalue weighted by Gasteiger charge is -2.21. The smallest absolute Gasteiger partial charge is 0.321 e. The van der Waals surface area contributed by atoms with E-state index in [1.165, 1.54) is 0 Å². The number of hydrogen-bond donors (Lipinski definition) is 1. The SMILES string of the molecule is CCN(CCOC)C(=O)Nc1ccc(-n2ccnc2)cc1. The fourth-order valence-corrected chi connectivity index (χ4v) is 1.94. The Kier molecular flexibility index (Phi) is 5.34. The molecule has 0 atom stereocenters. The largest absolute Gasteiger partial charge is 0.383 e. The highest BCUT2D eigenvalue weighted by Gasteiger charge is 2.11. The predicted octanol–water partition coefficient (Wildman–Crippen LogP) is 2.37. The molecule has 112 valence electrons. The highest BCUT2D eigenvalue weighted by Crippen LogP contribution is 2.13. The van der Waals surface area contributed by atoms with Crippen molar-refractivity contribution in [3.63, 3.8) is 0 Å². The molecule has 0 spiro atoms. The van der Waals surface area contributed by atoms with Gasteiger partial charge < -0.3 is 19.5 Å². The van der Waals surface area contributed by atoms with Crippen LogP contribution in [0.4, 0.5) is 10.5 Å². The Morgan fingerprint density at radius 2 is 2.14 bits per heavy atom. The average Bonchev–Trinajstić information content (AvgIpc) is 3.03. The zero-order valence-corrected chi connectivity index (χ0v) is 12.3. The topological polar surface area (TPSA) is 59.4 Å². The lowest BCUT2D eigenvalue weighted by Crippen LogP contribution is -2.37. The monoisotopic (exact) mass is 288 g/mol. The Balaban J connectivity index is 1.97. The van der Waals surface area contributed by atoms with E-state index in [9.17, 15) is 4.79 Å². The van der Waals surface area contributed by atoms with Crippen molar-refractivity contribution in [1.29, 1.82) is 0 Å². The van der Waals surface area contributed by atoms with Gasteiger partial charge >= 0.3 is 6.03 Å². The number of ether oxygens (including phenoxy) is 1. The van der Waals surface area contributed by atoms with E-state index in [1.807, 2.05) is 42.0 Å². The zero-order chi connectivity index (χ0) is 15.1.